The summed E-state index contributed by atoms with van der Waals surface area (Å²) in [6.45, 7) is 6.47. The van der Waals surface area contributed by atoms with Crippen LogP contribution in [-0.2, 0) is 20.7 Å². The van der Waals surface area contributed by atoms with Gasteiger partial charge >= 0.3 is 0 Å². The van der Waals surface area contributed by atoms with E-state index in [0.29, 0.717) is 25.1 Å². The van der Waals surface area contributed by atoms with Gasteiger partial charge in [0, 0.05) is 29.8 Å². The molecule has 0 saturated heterocycles. The second kappa shape index (κ2) is 5.32. The van der Waals surface area contributed by atoms with Crippen LogP contribution < -0.4 is 16.4 Å². The number of nitrogens with two attached hydrogens (primary N) is 1. The lowest BCUT2D eigenvalue weighted by molar-refractivity contribution is -0.166. The summed E-state index contributed by atoms with van der Waals surface area (Å²) in [5, 5.41) is 5.66. The summed E-state index contributed by atoms with van der Waals surface area (Å²) >= 11 is 0. The van der Waals surface area contributed by atoms with E-state index in [1.165, 1.54) is 0 Å². The van der Waals surface area contributed by atoms with Crippen LogP contribution in [-0.4, -0.2) is 30.1 Å². The highest BCUT2D eigenvalue weighted by Gasteiger charge is 2.62. The zero-order chi connectivity index (χ0) is 16.8. The second-order valence-electron chi connectivity index (χ2n) is 6.89. The Morgan fingerprint density at radius 3 is 2.87 bits per heavy atom. The number of rotatable bonds is 4. The number of benzene rings is 1. The van der Waals surface area contributed by atoms with Crippen molar-refractivity contribution in [3.63, 3.8) is 0 Å². The van der Waals surface area contributed by atoms with Crippen LogP contribution in [0.2, 0.25) is 0 Å². The Morgan fingerprint density at radius 1 is 1.48 bits per heavy atom. The van der Waals surface area contributed by atoms with Gasteiger partial charge in [-0.05, 0) is 30.7 Å². The van der Waals surface area contributed by atoms with Crippen LogP contribution >= 0.6 is 0 Å². The first kappa shape index (κ1) is 16.0. The molecule has 6 heteroatoms. The molecular weight excluding hydrogens is 294 g/mol. The van der Waals surface area contributed by atoms with Crippen LogP contribution in [0.1, 0.15) is 32.8 Å². The number of carbonyl (C=O) groups excluding carboxylic acids is 2. The zero-order valence-electron chi connectivity index (χ0n) is 13.7. The minimum atomic E-state index is -0.958. The molecule has 1 aliphatic carbocycles. The summed E-state index contributed by atoms with van der Waals surface area (Å²) in [5.41, 5.74) is 7.33. The Balaban J connectivity index is 1.73. The Hall–Kier alpha value is -1.92. The van der Waals surface area contributed by atoms with Gasteiger partial charge in [-0.25, -0.2) is 0 Å². The lowest BCUT2D eigenvalue weighted by Gasteiger charge is -2.57. The Kier molecular flexibility index (Phi) is 3.69. The fourth-order valence-corrected chi connectivity index (χ4v) is 3.37. The SMILES string of the molecule is CCOC1CC(N)(C(=O)Nc2ccc3c(c2)CC(=O)N3)C1(C)C. The number of nitrogens with one attached hydrogen (secondary N) is 2. The molecule has 6 nitrogen and oxygen atoms in total. The van der Waals surface area contributed by atoms with Crippen molar-refractivity contribution in [2.24, 2.45) is 11.1 Å². The highest BCUT2D eigenvalue weighted by Crippen LogP contribution is 2.50. The molecule has 1 aliphatic heterocycles. The smallest absolute Gasteiger partial charge is 0.245 e. The highest BCUT2D eigenvalue weighted by atomic mass is 16.5. The number of ether oxygens (including phenoxy) is 1. The molecule has 3 rings (SSSR count). The van der Waals surface area contributed by atoms with E-state index in [0.717, 1.165) is 11.3 Å². The molecule has 1 aromatic rings. The molecule has 0 bridgehead atoms. The van der Waals surface area contributed by atoms with Gasteiger partial charge < -0.3 is 21.1 Å². The number of amides is 2. The first-order chi connectivity index (χ1) is 10.8. The molecule has 0 radical (unpaired) electrons. The van der Waals surface area contributed by atoms with E-state index in [2.05, 4.69) is 10.6 Å². The lowest BCUT2D eigenvalue weighted by atomic mass is 9.54. The number of carbonyl (C=O) groups is 2. The Bertz CT molecular complexity index is 671. The summed E-state index contributed by atoms with van der Waals surface area (Å²) < 4.78 is 5.66. The van der Waals surface area contributed by atoms with Crippen molar-refractivity contribution in [1.29, 1.82) is 0 Å². The molecule has 124 valence electrons. The van der Waals surface area contributed by atoms with E-state index in [9.17, 15) is 9.59 Å². The lowest BCUT2D eigenvalue weighted by Crippen LogP contribution is -2.74. The van der Waals surface area contributed by atoms with Crippen molar-refractivity contribution >= 4 is 23.2 Å². The standard InChI is InChI=1S/C17H23N3O3/c1-4-23-13-9-17(18,16(13,2)3)15(22)19-11-5-6-12-10(7-11)8-14(21)20-12/h5-7,13H,4,8-9,18H2,1-3H3,(H,19,22)(H,20,21). The largest absolute Gasteiger partial charge is 0.378 e. The van der Waals surface area contributed by atoms with Gasteiger partial charge in [0.05, 0.1) is 12.5 Å². The van der Waals surface area contributed by atoms with Gasteiger partial charge in [-0.15, -0.1) is 0 Å². The molecule has 1 heterocycles. The van der Waals surface area contributed by atoms with Crippen LogP contribution in [0.3, 0.4) is 0 Å². The van der Waals surface area contributed by atoms with Crippen molar-refractivity contribution < 1.29 is 14.3 Å². The third-order valence-electron chi connectivity index (χ3n) is 5.22. The minimum absolute atomic E-state index is 0.00917. The third-order valence-corrected chi connectivity index (χ3v) is 5.22. The summed E-state index contributed by atoms with van der Waals surface area (Å²) in [7, 11) is 0. The van der Waals surface area contributed by atoms with E-state index in [1.54, 1.807) is 12.1 Å². The molecule has 1 saturated carbocycles. The van der Waals surface area contributed by atoms with Gasteiger partial charge in [0.25, 0.3) is 0 Å². The minimum Gasteiger partial charge on any atom is -0.378 e. The molecule has 2 atom stereocenters. The van der Waals surface area contributed by atoms with E-state index in [1.807, 2.05) is 26.8 Å². The van der Waals surface area contributed by atoms with Crippen molar-refractivity contribution in [1.82, 2.24) is 0 Å². The molecule has 1 aromatic carbocycles. The topological polar surface area (TPSA) is 93.4 Å². The monoisotopic (exact) mass is 317 g/mol. The van der Waals surface area contributed by atoms with E-state index < -0.39 is 11.0 Å². The molecule has 0 aromatic heterocycles. The average Bonchev–Trinajstić information content (AvgIpc) is 2.86. The number of hydrogen-bond acceptors (Lipinski definition) is 4. The predicted octanol–water partition coefficient (Wildman–Crippen LogP) is 1.65. The van der Waals surface area contributed by atoms with Crippen molar-refractivity contribution in [2.75, 3.05) is 17.2 Å². The maximum absolute atomic E-state index is 12.7. The first-order valence-corrected chi connectivity index (χ1v) is 7.92. The number of fused-ring (bicyclic) bond motifs is 1. The molecule has 1 fully saturated rings. The molecule has 23 heavy (non-hydrogen) atoms. The highest BCUT2D eigenvalue weighted by molar-refractivity contribution is 6.02. The maximum atomic E-state index is 12.7. The zero-order valence-corrected chi connectivity index (χ0v) is 13.7. The second-order valence-corrected chi connectivity index (χ2v) is 6.89. The van der Waals surface area contributed by atoms with E-state index in [-0.39, 0.29) is 17.9 Å². The quantitative estimate of drug-likeness (QED) is 0.787. The van der Waals surface area contributed by atoms with Crippen molar-refractivity contribution in [3.8, 4) is 0 Å². The Morgan fingerprint density at radius 2 is 2.22 bits per heavy atom. The van der Waals surface area contributed by atoms with Crippen LogP contribution in [0.25, 0.3) is 0 Å². The fraction of sp³-hybridized carbons (Fsp3) is 0.529. The van der Waals surface area contributed by atoms with Crippen molar-refractivity contribution in [3.05, 3.63) is 23.8 Å². The predicted molar refractivity (Wildman–Crippen MR) is 88.1 cm³/mol. The van der Waals surface area contributed by atoms with Crippen LogP contribution in [0.4, 0.5) is 11.4 Å². The Labute approximate surface area is 135 Å². The van der Waals surface area contributed by atoms with Gasteiger partial charge in [0.1, 0.15) is 5.54 Å². The molecule has 0 spiro atoms. The maximum Gasteiger partial charge on any atom is 0.245 e. The van der Waals surface area contributed by atoms with Gasteiger partial charge in [0.15, 0.2) is 0 Å². The van der Waals surface area contributed by atoms with Gasteiger partial charge in [-0.2, -0.15) is 0 Å². The fourth-order valence-electron chi connectivity index (χ4n) is 3.37. The summed E-state index contributed by atoms with van der Waals surface area (Å²) in [4.78, 5) is 24.1. The average molecular weight is 317 g/mol. The number of anilines is 2. The normalized spacial score (nSPS) is 27.8. The van der Waals surface area contributed by atoms with E-state index in [4.69, 9.17) is 10.5 Å². The van der Waals surface area contributed by atoms with Crippen LogP contribution in [0.15, 0.2) is 18.2 Å². The molecule has 2 amide bonds. The summed E-state index contributed by atoms with van der Waals surface area (Å²) in [5.74, 6) is -0.242. The first-order valence-electron chi connectivity index (χ1n) is 7.92. The summed E-state index contributed by atoms with van der Waals surface area (Å²) in [6.07, 6.45) is 0.833. The molecule has 4 N–H and O–H groups in total. The van der Waals surface area contributed by atoms with Gasteiger partial charge in [0.2, 0.25) is 11.8 Å². The molecule has 2 aliphatic rings. The van der Waals surface area contributed by atoms with Crippen LogP contribution in [0.5, 0.6) is 0 Å². The van der Waals surface area contributed by atoms with Crippen molar-refractivity contribution in [2.45, 2.75) is 45.3 Å². The van der Waals surface area contributed by atoms with Crippen LogP contribution in [0, 0.1) is 5.41 Å². The third kappa shape index (κ3) is 2.42. The molecule has 2 unspecified atom stereocenters. The number of hydrogen-bond donors (Lipinski definition) is 3. The molecular formula is C17H23N3O3. The van der Waals surface area contributed by atoms with Gasteiger partial charge in [-0.1, -0.05) is 13.8 Å². The summed E-state index contributed by atoms with van der Waals surface area (Å²) in [6, 6.07) is 5.39. The van der Waals surface area contributed by atoms with E-state index >= 15 is 0 Å². The van der Waals surface area contributed by atoms with Gasteiger partial charge in [-0.3, -0.25) is 9.59 Å².